The van der Waals surface area contributed by atoms with Crippen molar-refractivity contribution in [3.8, 4) is 0 Å². The lowest BCUT2D eigenvalue weighted by Gasteiger charge is -2.21. The number of hydrazone groups is 1. The van der Waals surface area contributed by atoms with Crippen LogP contribution in [-0.2, 0) is 4.74 Å². The van der Waals surface area contributed by atoms with Gasteiger partial charge in [0.15, 0.2) is 5.17 Å². The second-order valence-electron chi connectivity index (χ2n) is 6.41. The van der Waals surface area contributed by atoms with Gasteiger partial charge in [0, 0.05) is 40.7 Å². The van der Waals surface area contributed by atoms with Crippen LogP contribution in [0.25, 0.3) is 0 Å². The van der Waals surface area contributed by atoms with Gasteiger partial charge >= 0.3 is 0 Å². The van der Waals surface area contributed by atoms with E-state index < -0.39 is 8.07 Å². The lowest BCUT2D eigenvalue weighted by Crippen LogP contribution is -2.25. The molecule has 6 heteroatoms. The smallest absolute Gasteiger partial charge is 0.151 e. The van der Waals surface area contributed by atoms with Gasteiger partial charge in [-0.1, -0.05) is 43.9 Å². The standard InChI is InChI=1S/C16H30ClN3OSi/c1-8-9-10-20(4)18-16(17)13-15(2)19(3)14-21-11-12-22(5,6)7/h8-10,13H,1,11-12,14H2,2-7H3/b10-9-,15-13+,18-16?. The van der Waals surface area contributed by atoms with Crippen LogP contribution in [0.1, 0.15) is 6.92 Å². The highest BCUT2D eigenvalue weighted by molar-refractivity contribution is 6.76. The van der Waals surface area contributed by atoms with Crippen molar-refractivity contribution < 1.29 is 4.74 Å². The van der Waals surface area contributed by atoms with Crippen LogP contribution in [0, 0.1) is 0 Å². The lowest BCUT2D eigenvalue weighted by atomic mass is 10.4. The van der Waals surface area contributed by atoms with E-state index in [0.29, 0.717) is 11.9 Å². The predicted molar refractivity (Wildman–Crippen MR) is 101 cm³/mol. The molecule has 0 fully saturated rings. The third-order valence-electron chi connectivity index (χ3n) is 2.90. The SMILES string of the molecule is C=C/C=C\N(C)N=C(Cl)/C=C(\C)N(C)COCC[Si](C)(C)C. The Morgan fingerprint density at radius 3 is 2.50 bits per heavy atom. The molecule has 0 unspecified atom stereocenters. The Bertz CT molecular complexity index is 428. The van der Waals surface area contributed by atoms with Crippen molar-refractivity contribution in [1.82, 2.24) is 9.91 Å². The van der Waals surface area contributed by atoms with Gasteiger partial charge in [0.25, 0.3) is 0 Å². The molecule has 0 amide bonds. The average Bonchev–Trinajstić information content (AvgIpc) is 2.39. The first kappa shape index (κ1) is 21.0. The fourth-order valence-corrected chi connectivity index (χ4v) is 2.40. The van der Waals surface area contributed by atoms with Gasteiger partial charge in [0.05, 0.1) is 0 Å². The first-order chi connectivity index (χ1) is 10.2. The van der Waals surface area contributed by atoms with Crippen LogP contribution < -0.4 is 0 Å². The highest BCUT2D eigenvalue weighted by Gasteiger charge is 2.12. The second-order valence-corrected chi connectivity index (χ2v) is 12.4. The summed E-state index contributed by atoms with van der Waals surface area (Å²) in [6.07, 6.45) is 7.08. The van der Waals surface area contributed by atoms with Gasteiger partial charge in [-0.2, -0.15) is 5.10 Å². The Labute approximate surface area is 141 Å². The van der Waals surface area contributed by atoms with Crippen molar-refractivity contribution in [1.29, 1.82) is 0 Å². The Morgan fingerprint density at radius 2 is 1.95 bits per heavy atom. The topological polar surface area (TPSA) is 28.1 Å². The minimum absolute atomic E-state index is 0.419. The fraction of sp³-hybridized carbons (Fsp3) is 0.562. The third-order valence-corrected chi connectivity index (χ3v) is 4.79. The molecule has 0 saturated carbocycles. The van der Waals surface area contributed by atoms with E-state index in [0.717, 1.165) is 12.3 Å². The van der Waals surface area contributed by atoms with Crippen molar-refractivity contribution >= 4 is 24.8 Å². The molecule has 0 atom stereocenters. The van der Waals surface area contributed by atoms with Gasteiger partial charge in [0.1, 0.15) is 6.73 Å². The average molecular weight is 344 g/mol. The van der Waals surface area contributed by atoms with Crippen molar-refractivity contribution in [2.24, 2.45) is 5.10 Å². The van der Waals surface area contributed by atoms with E-state index >= 15 is 0 Å². The van der Waals surface area contributed by atoms with Gasteiger partial charge in [0.2, 0.25) is 0 Å². The van der Waals surface area contributed by atoms with Crippen LogP contribution in [0.15, 0.2) is 41.8 Å². The van der Waals surface area contributed by atoms with E-state index in [2.05, 4.69) is 31.3 Å². The minimum Gasteiger partial charge on any atom is -0.361 e. The molecule has 0 aromatic rings. The van der Waals surface area contributed by atoms with E-state index in [-0.39, 0.29) is 0 Å². The summed E-state index contributed by atoms with van der Waals surface area (Å²) in [6.45, 7) is 14.0. The van der Waals surface area contributed by atoms with Crippen LogP contribution in [-0.4, -0.2) is 50.6 Å². The van der Waals surface area contributed by atoms with Crippen molar-refractivity contribution in [3.05, 3.63) is 36.7 Å². The zero-order valence-corrected chi connectivity index (χ0v) is 16.5. The van der Waals surface area contributed by atoms with E-state index in [9.17, 15) is 0 Å². The van der Waals surface area contributed by atoms with Crippen LogP contribution in [0.2, 0.25) is 25.7 Å². The highest BCUT2D eigenvalue weighted by Crippen LogP contribution is 2.09. The second kappa shape index (κ2) is 10.6. The fourth-order valence-electron chi connectivity index (χ4n) is 1.36. The number of hydrogen-bond acceptors (Lipinski definition) is 4. The van der Waals surface area contributed by atoms with Crippen molar-refractivity contribution in [3.63, 3.8) is 0 Å². The summed E-state index contributed by atoms with van der Waals surface area (Å²) in [5, 5.41) is 6.26. The van der Waals surface area contributed by atoms with Crippen LogP contribution >= 0.6 is 11.6 Å². The number of rotatable bonds is 10. The van der Waals surface area contributed by atoms with E-state index in [1.807, 2.05) is 32.0 Å². The van der Waals surface area contributed by atoms with Gasteiger partial charge in [-0.25, -0.2) is 0 Å². The summed E-state index contributed by atoms with van der Waals surface area (Å²) in [5.74, 6) is 0. The third kappa shape index (κ3) is 11.6. The summed E-state index contributed by atoms with van der Waals surface area (Å²) in [7, 11) is 2.76. The molecule has 0 aliphatic rings. The summed E-state index contributed by atoms with van der Waals surface area (Å²) in [5.41, 5.74) is 1.00. The van der Waals surface area contributed by atoms with Crippen LogP contribution in [0.4, 0.5) is 0 Å². The molecule has 0 N–H and O–H groups in total. The molecule has 0 bridgehead atoms. The van der Waals surface area contributed by atoms with Crippen LogP contribution in [0.3, 0.4) is 0 Å². The number of allylic oxidation sites excluding steroid dienone is 4. The molecule has 0 aliphatic heterocycles. The molecular weight excluding hydrogens is 314 g/mol. The molecule has 0 aromatic carbocycles. The maximum Gasteiger partial charge on any atom is 0.151 e. The van der Waals surface area contributed by atoms with Crippen LogP contribution in [0.5, 0.6) is 0 Å². The quantitative estimate of drug-likeness (QED) is 0.148. The normalized spacial score (nSPS) is 13.6. The maximum atomic E-state index is 6.13. The molecule has 0 spiro atoms. The predicted octanol–water partition coefficient (Wildman–Crippen LogP) is 4.32. The van der Waals surface area contributed by atoms with Crippen molar-refractivity contribution in [2.75, 3.05) is 27.4 Å². The van der Waals surface area contributed by atoms with Gasteiger partial charge in [-0.15, -0.1) is 0 Å². The molecule has 0 saturated heterocycles. The number of ether oxygens (including phenoxy) is 1. The molecule has 0 aliphatic carbocycles. The summed E-state index contributed by atoms with van der Waals surface area (Å²) >= 11 is 6.13. The Kier molecular flexibility index (Phi) is 10.1. The van der Waals surface area contributed by atoms with E-state index in [1.165, 1.54) is 6.04 Å². The zero-order valence-electron chi connectivity index (χ0n) is 14.8. The molecule has 126 valence electrons. The summed E-state index contributed by atoms with van der Waals surface area (Å²) in [4.78, 5) is 2.02. The van der Waals surface area contributed by atoms with E-state index in [4.69, 9.17) is 16.3 Å². The molecule has 0 aromatic heterocycles. The maximum absolute atomic E-state index is 6.13. The van der Waals surface area contributed by atoms with Gasteiger partial charge < -0.3 is 9.64 Å². The summed E-state index contributed by atoms with van der Waals surface area (Å²) < 4.78 is 5.71. The first-order valence-corrected chi connectivity index (χ1v) is 11.5. The minimum atomic E-state index is -1.03. The number of hydrogen-bond donors (Lipinski definition) is 0. The van der Waals surface area contributed by atoms with Crippen molar-refractivity contribution in [2.45, 2.75) is 32.6 Å². The Balaban J connectivity index is 4.36. The molecule has 0 heterocycles. The molecule has 0 radical (unpaired) electrons. The van der Waals surface area contributed by atoms with Gasteiger partial charge in [-0.05, 0) is 25.1 Å². The summed E-state index contributed by atoms with van der Waals surface area (Å²) in [6, 6.07) is 1.17. The molecule has 4 nitrogen and oxygen atoms in total. The Morgan fingerprint density at radius 1 is 1.32 bits per heavy atom. The van der Waals surface area contributed by atoms with Gasteiger partial charge in [-0.3, -0.25) is 5.01 Å². The number of nitrogens with zero attached hydrogens (tertiary/aromatic N) is 3. The molecular formula is C16H30ClN3OSi. The zero-order chi connectivity index (χ0) is 17.2. The first-order valence-electron chi connectivity index (χ1n) is 7.39. The molecule has 0 rings (SSSR count). The van der Waals surface area contributed by atoms with E-state index in [1.54, 1.807) is 23.4 Å². The largest absolute Gasteiger partial charge is 0.361 e. The molecule has 22 heavy (non-hydrogen) atoms. The number of halogens is 1. The monoisotopic (exact) mass is 343 g/mol. The highest BCUT2D eigenvalue weighted by atomic mass is 35.5. The lowest BCUT2D eigenvalue weighted by molar-refractivity contribution is 0.0686. The Hall–Kier alpha value is -1.04.